The van der Waals surface area contributed by atoms with E-state index in [0.29, 0.717) is 24.5 Å². The van der Waals surface area contributed by atoms with E-state index in [4.69, 9.17) is 5.41 Å². The van der Waals surface area contributed by atoms with Gasteiger partial charge in [0, 0.05) is 35.7 Å². The summed E-state index contributed by atoms with van der Waals surface area (Å²) in [6.45, 7) is 7.35. The van der Waals surface area contributed by atoms with Crippen molar-refractivity contribution >= 4 is 22.7 Å². The maximum absolute atomic E-state index is 10.3. The average Bonchev–Trinajstić information content (AvgIpc) is 3.11. The van der Waals surface area contributed by atoms with Crippen LogP contribution in [0.25, 0.3) is 5.57 Å². The van der Waals surface area contributed by atoms with Crippen LogP contribution in [0.1, 0.15) is 37.2 Å². The molecule has 0 unspecified atom stereocenters. The maximum Gasteiger partial charge on any atom is 0.135 e. The third kappa shape index (κ3) is 3.33. The molecule has 0 aliphatic carbocycles. The molecular formula is C18H22N4OS. The minimum absolute atomic E-state index is 0.0373. The number of pyridine rings is 1. The van der Waals surface area contributed by atoms with Crippen molar-refractivity contribution in [1.29, 1.82) is 5.41 Å². The molecule has 0 spiro atoms. The predicted molar refractivity (Wildman–Crippen MR) is 97.6 cm³/mol. The molecule has 0 atom stereocenters. The molecule has 5 nitrogen and oxygen atoms in total. The van der Waals surface area contributed by atoms with Crippen LogP contribution >= 0.6 is 11.3 Å². The standard InChI is InChI=1S/C18H22N4OS/c1-18(2,3)14-11-24-17(21-14)15-13(23)10-22(16(15)19)9-7-12-6-4-5-8-20-12/h4-6,8,11,19,23H,7,9-10H2,1-3H3. The van der Waals surface area contributed by atoms with Crippen LogP contribution < -0.4 is 0 Å². The average molecular weight is 342 g/mol. The lowest BCUT2D eigenvalue weighted by Crippen LogP contribution is -2.29. The van der Waals surface area contributed by atoms with Crippen LogP contribution in [0, 0.1) is 5.41 Å². The Morgan fingerprint density at radius 1 is 1.33 bits per heavy atom. The van der Waals surface area contributed by atoms with Crippen molar-refractivity contribution < 1.29 is 5.11 Å². The lowest BCUT2D eigenvalue weighted by Gasteiger charge is -2.18. The number of hydrogen-bond donors (Lipinski definition) is 2. The van der Waals surface area contributed by atoms with Crippen LogP contribution in [0.2, 0.25) is 0 Å². The van der Waals surface area contributed by atoms with Crippen LogP contribution in [0.3, 0.4) is 0 Å². The summed E-state index contributed by atoms with van der Waals surface area (Å²) < 4.78 is 0. The number of aliphatic hydroxyl groups is 1. The van der Waals surface area contributed by atoms with Gasteiger partial charge in [0.05, 0.1) is 17.8 Å². The normalized spacial score (nSPS) is 15.5. The Bertz CT molecular complexity index is 774. The molecule has 3 rings (SSSR count). The third-order valence-electron chi connectivity index (χ3n) is 4.03. The molecule has 0 aromatic carbocycles. The summed E-state index contributed by atoms with van der Waals surface area (Å²) in [5, 5.41) is 21.5. The fourth-order valence-electron chi connectivity index (χ4n) is 2.58. The van der Waals surface area contributed by atoms with E-state index in [1.54, 1.807) is 6.20 Å². The molecule has 0 amide bonds. The molecule has 0 saturated carbocycles. The van der Waals surface area contributed by atoms with Gasteiger partial charge in [-0.3, -0.25) is 10.4 Å². The van der Waals surface area contributed by atoms with Crippen LogP contribution in [-0.4, -0.2) is 38.9 Å². The van der Waals surface area contributed by atoms with Gasteiger partial charge in [-0.2, -0.15) is 0 Å². The first-order valence-electron chi connectivity index (χ1n) is 7.98. The number of aliphatic hydroxyl groups excluding tert-OH is 1. The fraction of sp³-hybridized carbons (Fsp3) is 0.389. The number of rotatable bonds is 4. The highest BCUT2D eigenvalue weighted by Crippen LogP contribution is 2.32. The quantitative estimate of drug-likeness (QED) is 0.890. The van der Waals surface area contributed by atoms with Gasteiger partial charge in [0.1, 0.15) is 16.6 Å². The summed E-state index contributed by atoms with van der Waals surface area (Å²) in [6, 6.07) is 5.83. The number of nitrogens with zero attached hydrogens (tertiary/aromatic N) is 3. The van der Waals surface area contributed by atoms with Gasteiger partial charge in [0.15, 0.2) is 0 Å². The summed E-state index contributed by atoms with van der Waals surface area (Å²) in [4.78, 5) is 10.8. The zero-order valence-electron chi connectivity index (χ0n) is 14.2. The Hall–Kier alpha value is -2.21. The maximum atomic E-state index is 10.3. The van der Waals surface area contributed by atoms with E-state index in [-0.39, 0.29) is 11.2 Å². The third-order valence-corrected chi connectivity index (χ3v) is 4.89. The number of thiazole rings is 1. The highest BCUT2D eigenvalue weighted by atomic mass is 32.1. The molecule has 0 fully saturated rings. The fourth-order valence-corrected chi connectivity index (χ4v) is 3.69. The molecule has 6 heteroatoms. The monoisotopic (exact) mass is 342 g/mol. The van der Waals surface area contributed by atoms with E-state index < -0.39 is 0 Å². The van der Waals surface area contributed by atoms with Gasteiger partial charge in [-0.1, -0.05) is 26.8 Å². The van der Waals surface area contributed by atoms with Gasteiger partial charge in [0.25, 0.3) is 0 Å². The smallest absolute Gasteiger partial charge is 0.135 e. The van der Waals surface area contributed by atoms with Crippen molar-refractivity contribution in [3.63, 3.8) is 0 Å². The number of amidine groups is 1. The van der Waals surface area contributed by atoms with Crippen molar-refractivity contribution in [2.45, 2.75) is 32.6 Å². The minimum atomic E-state index is -0.0373. The largest absolute Gasteiger partial charge is 0.510 e. The van der Waals surface area contributed by atoms with Crippen molar-refractivity contribution in [3.8, 4) is 0 Å². The van der Waals surface area contributed by atoms with E-state index in [0.717, 1.165) is 22.8 Å². The van der Waals surface area contributed by atoms with Gasteiger partial charge >= 0.3 is 0 Å². The zero-order valence-corrected chi connectivity index (χ0v) is 15.0. The summed E-state index contributed by atoms with van der Waals surface area (Å²) in [5.41, 5.74) is 2.51. The van der Waals surface area contributed by atoms with E-state index >= 15 is 0 Å². The topological polar surface area (TPSA) is 73.1 Å². The SMILES string of the molecule is CC(C)(C)c1csc(C2=C(O)CN(CCc3ccccn3)C2=N)n1. The molecule has 1 aliphatic heterocycles. The van der Waals surface area contributed by atoms with E-state index in [1.807, 2.05) is 28.5 Å². The van der Waals surface area contributed by atoms with Crippen molar-refractivity contribution in [2.75, 3.05) is 13.1 Å². The first-order valence-corrected chi connectivity index (χ1v) is 8.86. The van der Waals surface area contributed by atoms with Crippen LogP contribution in [0.4, 0.5) is 0 Å². The van der Waals surface area contributed by atoms with Gasteiger partial charge in [-0.05, 0) is 12.1 Å². The Morgan fingerprint density at radius 2 is 2.12 bits per heavy atom. The van der Waals surface area contributed by atoms with Gasteiger partial charge in [-0.15, -0.1) is 11.3 Å². The summed E-state index contributed by atoms with van der Waals surface area (Å²) in [5.74, 6) is 0.578. The van der Waals surface area contributed by atoms with E-state index in [2.05, 4.69) is 30.7 Å². The Labute approximate surface area is 146 Å². The second-order valence-corrected chi connectivity index (χ2v) is 7.81. The van der Waals surface area contributed by atoms with E-state index in [9.17, 15) is 5.11 Å². The van der Waals surface area contributed by atoms with E-state index in [1.165, 1.54) is 11.3 Å². The van der Waals surface area contributed by atoms with Gasteiger partial charge in [0.2, 0.25) is 0 Å². The first-order chi connectivity index (χ1) is 11.4. The molecule has 0 radical (unpaired) electrons. The van der Waals surface area contributed by atoms with Crippen LogP contribution in [0.5, 0.6) is 0 Å². The van der Waals surface area contributed by atoms with Gasteiger partial charge in [-0.25, -0.2) is 4.98 Å². The molecule has 2 aromatic heterocycles. The summed E-state index contributed by atoms with van der Waals surface area (Å²) in [7, 11) is 0. The predicted octanol–water partition coefficient (Wildman–Crippen LogP) is 3.64. The number of hydrogen-bond acceptors (Lipinski definition) is 5. The molecule has 2 N–H and O–H groups in total. The van der Waals surface area contributed by atoms with Crippen molar-refractivity contribution in [2.24, 2.45) is 0 Å². The molecule has 24 heavy (non-hydrogen) atoms. The number of nitrogens with one attached hydrogen (secondary N) is 1. The molecule has 1 aliphatic rings. The Balaban J connectivity index is 1.73. The molecule has 3 heterocycles. The molecule has 2 aromatic rings. The Kier molecular flexibility index (Phi) is 4.41. The number of aromatic nitrogens is 2. The van der Waals surface area contributed by atoms with Crippen LogP contribution in [-0.2, 0) is 11.8 Å². The molecule has 126 valence electrons. The van der Waals surface area contributed by atoms with Crippen molar-refractivity contribution in [1.82, 2.24) is 14.9 Å². The van der Waals surface area contributed by atoms with Crippen molar-refractivity contribution in [3.05, 3.63) is 51.9 Å². The second-order valence-electron chi connectivity index (χ2n) is 6.95. The Morgan fingerprint density at radius 3 is 2.75 bits per heavy atom. The lowest BCUT2D eigenvalue weighted by molar-refractivity contribution is 0.351. The highest BCUT2D eigenvalue weighted by Gasteiger charge is 2.31. The molecule has 0 bridgehead atoms. The molecular weight excluding hydrogens is 320 g/mol. The first kappa shape index (κ1) is 16.6. The highest BCUT2D eigenvalue weighted by molar-refractivity contribution is 7.11. The van der Waals surface area contributed by atoms with Gasteiger partial charge < -0.3 is 10.0 Å². The summed E-state index contributed by atoms with van der Waals surface area (Å²) in [6.07, 6.45) is 2.52. The second kappa shape index (κ2) is 6.36. The lowest BCUT2D eigenvalue weighted by atomic mass is 9.93. The summed E-state index contributed by atoms with van der Waals surface area (Å²) >= 11 is 1.49. The molecule has 0 saturated heterocycles. The zero-order chi connectivity index (χ0) is 17.3. The van der Waals surface area contributed by atoms with Crippen LogP contribution in [0.15, 0.2) is 35.5 Å². The minimum Gasteiger partial charge on any atom is -0.510 e.